The third-order valence-corrected chi connectivity index (χ3v) is 1.56. The molecule has 0 fully saturated rings. The van der Waals surface area contributed by atoms with Gasteiger partial charge in [-0.15, -0.1) is 12.4 Å². The molecule has 0 aliphatic rings. The summed E-state index contributed by atoms with van der Waals surface area (Å²) in [6, 6.07) is -0.137. The smallest absolute Gasteiger partial charge is 0.323 e. The van der Waals surface area contributed by atoms with E-state index in [4.69, 9.17) is 4.74 Å². The van der Waals surface area contributed by atoms with E-state index < -0.39 is 0 Å². The summed E-state index contributed by atoms with van der Waals surface area (Å²) in [6.45, 7) is 4.34. The lowest BCUT2D eigenvalue weighted by Gasteiger charge is -2.17. The van der Waals surface area contributed by atoms with Gasteiger partial charge in [0.1, 0.15) is 6.04 Å². The van der Waals surface area contributed by atoms with Gasteiger partial charge in [0.2, 0.25) is 0 Å². The summed E-state index contributed by atoms with van der Waals surface area (Å²) in [5.41, 5.74) is 0. The first-order valence-corrected chi connectivity index (χ1v) is 3.92. The van der Waals surface area contributed by atoms with Crippen molar-refractivity contribution in [1.29, 1.82) is 0 Å². The summed E-state index contributed by atoms with van der Waals surface area (Å²) in [6.07, 6.45) is 0.881. The molecule has 3 nitrogen and oxygen atoms in total. The number of esters is 1. The fourth-order valence-electron chi connectivity index (χ4n) is 0.534. The predicted molar refractivity (Wildman–Crippen MR) is 51.6 cm³/mol. The lowest BCUT2D eigenvalue weighted by Crippen LogP contribution is -2.34. The van der Waals surface area contributed by atoms with Crippen LogP contribution in [-0.4, -0.2) is 37.6 Å². The molecule has 0 aliphatic carbocycles. The number of hydrogen-bond acceptors (Lipinski definition) is 3. The number of nitrogens with zero attached hydrogens (tertiary/aromatic N) is 1. The van der Waals surface area contributed by atoms with E-state index in [1.54, 1.807) is 0 Å². The Labute approximate surface area is 80.5 Å². The van der Waals surface area contributed by atoms with E-state index in [2.05, 4.69) is 0 Å². The van der Waals surface area contributed by atoms with Crippen molar-refractivity contribution in [3.05, 3.63) is 0 Å². The van der Waals surface area contributed by atoms with Crippen LogP contribution < -0.4 is 0 Å². The number of carbonyl (C=O) groups excluding carboxylic acids is 1. The summed E-state index contributed by atoms with van der Waals surface area (Å²) in [4.78, 5) is 12.9. The molecule has 0 aromatic heterocycles. The lowest BCUT2D eigenvalue weighted by atomic mass is 10.3. The van der Waals surface area contributed by atoms with E-state index in [0.29, 0.717) is 6.61 Å². The fraction of sp³-hybridized carbons (Fsp3) is 0.875. The number of ether oxygens (including phenoxy) is 1. The summed E-state index contributed by atoms with van der Waals surface area (Å²) in [5, 5.41) is 0. The third kappa shape index (κ3) is 5.38. The Bertz CT molecular complexity index is 128. The van der Waals surface area contributed by atoms with Crippen LogP contribution in [0.5, 0.6) is 0 Å². The Hall–Kier alpha value is -0.280. The van der Waals surface area contributed by atoms with Crippen LogP contribution in [-0.2, 0) is 9.53 Å². The maximum atomic E-state index is 11.1. The lowest BCUT2D eigenvalue weighted by molar-refractivity contribution is -0.148. The van der Waals surface area contributed by atoms with Crippen LogP contribution in [0.3, 0.4) is 0 Å². The van der Waals surface area contributed by atoms with Gasteiger partial charge in [-0.1, -0.05) is 6.92 Å². The van der Waals surface area contributed by atoms with Crippen LogP contribution in [0.2, 0.25) is 0 Å². The van der Waals surface area contributed by atoms with Crippen LogP contribution in [0, 0.1) is 0 Å². The normalized spacial score (nSPS) is 12.1. The molecule has 0 radical (unpaired) electrons. The zero-order valence-electron chi connectivity index (χ0n) is 8.16. The molecule has 0 aromatic carbocycles. The second kappa shape index (κ2) is 7.37. The Kier molecular flexibility index (Phi) is 8.76. The average Bonchev–Trinajstić information content (AvgIpc) is 1.98. The first kappa shape index (κ1) is 14.3. The van der Waals surface area contributed by atoms with Crippen molar-refractivity contribution in [3.8, 4) is 0 Å². The minimum absolute atomic E-state index is 0. The van der Waals surface area contributed by atoms with Gasteiger partial charge >= 0.3 is 5.97 Å². The fourth-order valence-corrected chi connectivity index (χ4v) is 0.534. The molecule has 1 unspecified atom stereocenters. The van der Waals surface area contributed by atoms with Crippen LogP contribution in [0.4, 0.5) is 0 Å². The molecule has 0 N–H and O–H groups in total. The van der Waals surface area contributed by atoms with Gasteiger partial charge in [0.05, 0.1) is 6.61 Å². The maximum Gasteiger partial charge on any atom is 0.323 e. The van der Waals surface area contributed by atoms with Gasteiger partial charge in [0.15, 0.2) is 0 Å². The Morgan fingerprint density at radius 1 is 1.50 bits per heavy atom. The molecule has 0 amide bonds. The van der Waals surface area contributed by atoms with E-state index in [1.165, 1.54) is 0 Å². The van der Waals surface area contributed by atoms with Gasteiger partial charge < -0.3 is 4.74 Å². The molecular weight excluding hydrogens is 178 g/mol. The van der Waals surface area contributed by atoms with Crippen molar-refractivity contribution in [1.82, 2.24) is 4.90 Å². The summed E-state index contributed by atoms with van der Waals surface area (Å²) in [7, 11) is 3.72. The van der Waals surface area contributed by atoms with E-state index in [0.717, 1.165) is 6.42 Å². The van der Waals surface area contributed by atoms with Crippen molar-refractivity contribution in [2.75, 3.05) is 20.7 Å². The monoisotopic (exact) mass is 195 g/mol. The van der Waals surface area contributed by atoms with Crippen molar-refractivity contribution in [2.45, 2.75) is 26.3 Å². The third-order valence-electron chi connectivity index (χ3n) is 1.56. The molecule has 4 heteroatoms. The molecule has 0 aliphatic heterocycles. The first-order chi connectivity index (χ1) is 5.09. The minimum Gasteiger partial charge on any atom is -0.465 e. The highest BCUT2D eigenvalue weighted by Crippen LogP contribution is 1.95. The number of likely N-dealkylation sites (N-methyl/N-ethyl adjacent to an activating group) is 1. The SMILES string of the molecule is CCCOC(=O)C(C)N(C)C.Cl. The van der Waals surface area contributed by atoms with Crippen LogP contribution in [0.1, 0.15) is 20.3 Å². The molecule has 0 rings (SSSR count). The van der Waals surface area contributed by atoms with E-state index in [1.807, 2.05) is 32.8 Å². The summed E-state index contributed by atoms with van der Waals surface area (Å²) in [5.74, 6) is -0.142. The topological polar surface area (TPSA) is 29.5 Å². The number of rotatable bonds is 4. The zero-order valence-corrected chi connectivity index (χ0v) is 8.98. The number of hydrogen-bond donors (Lipinski definition) is 0. The highest BCUT2D eigenvalue weighted by molar-refractivity contribution is 5.85. The number of carbonyl (C=O) groups is 1. The molecule has 0 spiro atoms. The van der Waals surface area contributed by atoms with Crippen LogP contribution >= 0.6 is 12.4 Å². The van der Waals surface area contributed by atoms with Crippen molar-refractivity contribution >= 4 is 18.4 Å². The molecule has 0 saturated heterocycles. The van der Waals surface area contributed by atoms with Crippen LogP contribution in [0.15, 0.2) is 0 Å². The second-order valence-electron chi connectivity index (χ2n) is 2.81. The first-order valence-electron chi connectivity index (χ1n) is 3.92. The van der Waals surface area contributed by atoms with Gasteiger partial charge in [-0.05, 0) is 27.4 Å². The minimum atomic E-state index is -0.142. The van der Waals surface area contributed by atoms with E-state index in [-0.39, 0.29) is 24.4 Å². The summed E-state index contributed by atoms with van der Waals surface area (Å²) >= 11 is 0. The maximum absolute atomic E-state index is 11.1. The summed E-state index contributed by atoms with van der Waals surface area (Å²) < 4.78 is 4.93. The standard InChI is InChI=1S/C8H17NO2.ClH/c1-5-6-11-8(10)7(2)9(3)4;/h7H,5-6H2,1-4H3;1H. The van der Waals surface area contributed by atoms with Gasteiger partial charge in [0, 0.05) is 0 Å². The Morgan fingerprint density at radius 2 is 2.00 bits per heavy atom. The molecule has 0 saturated carbocycles. The van der Waals surface area contributed by atoms with E-state index in [9.17, 15) is 4.79 Å². The molecule has 0 aromatic rings. The number of halogens is 1. The van der Waals surface area contributed by atoms with Crippen LogP contribution in [0.25, 0.3) is 0 Å². The Balaban J connectivity index is 0. The van der Waals surface area contributed by atoms with E-state index >= 15 is 0 Å². The predicted octanol–water partition coefficient (Wildman–Crippen LogP) is 1.31. The molecule has 74 valence electrons. The Morgan fingerprint density at radius 3 is 2.33 bits per heavy atom. The van der Waals surface area contributed by atoms with Gasteiger partial charge in [-0.25, -0.2) is 0 Å². The molecule has 12 heavy (non-hydrogen) atoms. The average molecular weight is 196 g/mol. The largest absolute Gasteiger partial charge is 0.465 e. The molecule has 0 bridgehead atoms. The van der Waals surface area contributed by atoms with Gasteiger partial charge in [0.25, 0.3) is 0 Å². The highest BCUT2D eigenvalue weighted by Gasteiger charge is 2.15. The van der Waals surface area contributed by atoms with Gasteiger partial charge in [-0.3, -0.25) is 9.69 Å². The zero-order chi connectivity index (χ0) is 8.85. The molecule has 1 atom stereocenters. The molecule has 0 heterocycles. The van der Waals surface area contributed by atoms with Gasteiger partial charge in [-0.2, -0.15) is 0 Å². The van der Waals surface area contributed by atoms with Crippen molar-refractivity contribution < 1.29 is 9.53 Å². The van der Waals surface area contributed by atoms with Crippen molar-refractivity contribution in [3.63, 3.8) is 0 Å². The quantitative estimate of drug-likeness (QED) is 0.634. The second-order valence-corrected chi connectivity index (χ2v) is 2.81. The molecular formula is C8H18ClNO2. The highest BCUT2D eigenvalue weighted by atomic mass is 35.5. The van der Waals surface area contributed by atoms with Crippen molar-refractivity contribution in [2.24, 2.45) is 0 Å².